The van der Waals surface area contributed by atoms with Gasteiger partial charge in [0.25, 0.3) is 0 Å². The number of fused-ring (bicyclic) bond motifs is 1. The number of hydrogen-bond acceptors (Lipinski definition) is 4. The highest BCUT2D eigenvalue weighted by Crippen LogP contribution is 2.29. The molecule has 1 N–H and O–H groups in total. The molecule has 1 aliphatic rings. The lowest BCUT2D eigenvalue weighted by Crippen LogP contribution is -2.49. The Morgan fingerprint density at radius 1 is 1.44 bits per heavy atom. The van der Waals surface area contributed by atoms with Crippen molar-refractivity contribution in [3.8, 4) is 0 Å². The molecule has 0 saturated heterocycles. The van der Waals surface area contributed by atoms with Gasteiger partial charge in [-0.1, -0.05) is 32.0 Å². The number of carbonyl (C=O) groups is 2. The minimum absolute atomic E-state index is 0.0546. The number of amides is 2. The quantitative estimate of drug-likeness (QED) is 0.894. The van der Waals surface area contributed by atoms with Crippen LogP contribution in [0.1, 0.15) is 37.3 Å². The van der Waals surface area contributed by atoms with E-state index in [2.05, 4.69) is 16.4 Å². The minimum Gasteiger partial charge on any atom is -0.344 e. The molecule has 3 rings (SSSR count). The highest BCUT2D eigenvalue weighted by Gasteiger charge is 2.32. The summed E-state index contributed by atoms with van der Waals surface area (Å²) in [4.78, 5) is 31.6. The molecule has 0 bridgehead atoms. The zero-order valence-corrected chi connectivity index (χ0v) is 15.4. The first-order valence-electron chi connectivity index (χ1n) is 8.68. The summed E-state index contributed by atoms with van der Waals surface area (Å²) in [5.41, 5.74) is 2.05. The first kappa shape index (κ1) is 17.6. The van der Waals surface area contributed by atoms with E-state index >= 15 is 0 Å². The maximum atomic E-state index is 13.2. The molecule has 5 nitrogen and oxygen atoms in total. The van der Waals surface area contributed by atoms with Crippen LogP contribution in [-0.2, 0) is 22.6 Å². The molecule has 2 atom stereocenters. The summed E-state index contributed by atoms with van der Waals surface area (Å²) in [6.45, 7) is 4.30. The second kappa shape index (κ2) is 7.78. The number of nitrogens with zero attached hydrogens (tertiary/aromatic N) is 2. The molecule has 1 aromatic carbocycles. The second-order valence-corrected chi connectivity index (χ2v) is 7.37. The van der Waals surface area contributed by atoms with Gasteiger partial charge in [0.05, 0.1) is 6.54 Å². The molecule has 2 amide bonds. The summed E-state index contributed by atoms with van der Waals surface area (Å²) in [5, 5.41) is 5.75. The Morgan fingerprint density at radius 2 is 2.24 bits per heavy atom. The van der Waals surface area contributed by atoms with Gasteiger partial charge in [0.2, 0.25) is 11.8 Å². The van der Waals surface area contributed by atoms with Gasteiger partial charge >= 0.3 is 0 Å². The third-order valence-corrected chi connectivity index (χ3v) is 5.47. The first-order chi connectivity index (χ1) is 12.1. The number of para-hydroxylation sites is 1. The van der Waals surface area contributed by atoms with Gasteiger partial charge in [-0.05, 0) is 30.9 Å². The predicted molar refractivity (Wildman–Crippen MR) is 99.5 cm³/mol. The van der Waals surface area contributed by atoms with Crippen LogP contribution in [0.5, 0.6) is 0 Å². The lowest BCUT2D eigenvalue weighted by Gasteiger charge is -2.26. The smallest absolute Gasteiger partial charge is 0.249 e. The molecular formula is C19H23N3O2S. The highest BCUT2D eigenvalue weighted by atomic mass is 32.1. The number of benzene rings is 1. The number of anilines is 1. The zero-order chi connectivity index (χ0) is 17.8. The number of aryl methyl sites for hydroxylation is 1. The van der Waals surface area contributed by atoms with Crippen LogP contribution in [0.15, 0.2) is 35.8 Å². The van der Waals surface area contributed by atoms with Gasteiger partial charge in [0.1, 0.15) is 11.0 Å². The third-order valence-electron chi connectivity index (χ3n) is 4.70. The average Bonchev–Trinajstić information content (AvgIpc) is 3.11. The molecule has 25 heavy (non-hydrogen) atoms. The second-order valence-electron chi connectivity index (χ2n) is 6.39. The van der Waals surface area contributed by atoms with Crippen LogP contribution in [-0.4, -0.2) is 22.8 Å². The van der Waals surface area contributed by atoms with Crippen molar-refractivity contribution in [1.29, 1.82) is 0 Å². The zero-order valence-electron chi connectivity index (χ0n) is 14.6. The molecule has 0 fully saturated rings. The van der Waals surface area contributed by atoms with Crippen molar-refractivity contribution in [2.45, 2.75) is 45.7 Å². The number of nitrogens with one attached hydrogen (secondary N) is 1. The van der Waals surface area contributed by atoms with Crippen molar-refractivity contribution in [3.05, 3.63) is 46.4 Å². The normalized spacial score (nSPS) is 18.4. The lowest BCUT2D eigenvalue weighted by molar-refractivity contribution is -0.129. The third kappa shape index (κ3) is 3.90. The number of aromatic nitrogens is 1. The number of carbonyl (C=O) groups excluding carboxylic acids is 2. The molecule has 0 unspecified atom stereocenters. The van der Waals surface area contributed by atoms with Gasteiger partial charge in [-0.15, -0.1) is 11.3 Å². The average molecular weight is 357 g/mol. The summed E-state index contributed by atoms with van der Waals surface area (Å²) in [6, 6.07) is 7.46. The Bertz CT molecular complexity index is 745. The fourth-order valence-electron chi connectivity index (χ4n) is 2.98. The molecule has 0 saturated carbocycles. The summed E-state index contributed by atoms with van der Waals surface area (Å²) >= 11 is 1.53. The van der Waals surface area contributed by atoms with Crippen LogP contribution in [0.3, 0.4) is 0 Å². The molecule has 1 aliphatic heterocycles. The molecule has 2 aromatic rings. The van der Waals surface area contributed by atoms with Gasteiger partial charge in [-0.2, -0.15) is 0 Å². The van der Waals surface area contributed by atoms with E-state index in [0.717, 1.165) is 29.1 Å². The Balaban J connectivity index is 1.88. The predicted octanol–water partition coefficient (Wildman–Crippen LogP) is 3.15. The fraction of sp³-hybridized carbons (Fsp3) is 0.421. The standard InChI is InChI=1S/C19H23N3O2S/c1-3-13(2)18(23)21-15-9-8-14-6-4-5-7-16(14)22(19(15)24)12-17-20-10-11-25-17/h4-7,10-11,13,15H,3,8-9,12H2,1-2H3,(H,21,23)/t13-,15+/m1/s1. The van der Waals surface area contributed by atoms with Crippen molar-refractivity contribution in [1.82, 2.24) is 10.3 Å². The lowest BCUT2D eigenvalue weighted by atomic mass is 10.0. The van der Waals surface area contributed by atoms with Crippen molar-refractivity contribution >= 4 is 28.8 Å². The van der Waals surface area contributed by atoms with Crippen molar-refractivity contribution in [2.75, 3.05) is 4.90 Å². The molecule has 2 heterocycles. The van der Waals surface area contributed by atoms with Crippen LogP contribution in [0.2, 0.25) is 0 Å². The van der Waals surface area contributed by atoms with E-state index in [0.29, 0.717) is 13.0 Å². The summed E-state index contributed by atoms with van der Waals surface area (Å²) in [7, 11) is 0. The van der Waals surface area contributed by atoms with Crippen LogP contribution >= 0.6 is 11.3 Å². The van der Waals surface area contributed by atoms with E-state index in [4.69, 9.17) is 0 Å². The first-order valence-corrected chi connectivity index (χ1v) is 9.56. The fourth-order valence-corrected chi connectivity index (χ4v) is 3.58. The van der Waals surface area contributed by atoms with E-state index in [1.165, 1.54) is 11.3 Å². The van der Waals surface area contributed by atoms with Crippen molar-refractivity contribution < 1.29 is 9.59 Å². The van der Waals surface area contributed by atoms with E-state index in [-0.39, 0.29) is 17.7 Å². The van der Waals surface area contributed by atoms with E-state index < -0.39 is 6.04 Å². The molecular weight excluding hydrogens is 334 g/mol. The Labute approximate surface area is 152 Å². The van der Waals surface area contributed by atoms with Gasteiger partial charge < -0.3 is 10.2 Å². The molecule has 0 aliphatic carbocycles. The molecule has 1 aromatic heterocycles. The summed E-state index contributed by atoms with van der Waals surface area (Å²) in [6.07, 6.45) is 3.89. The maximum absolute atomic E-state index is 13.2. The number of rotatable bonds is 5. The van der Waals surface area contributed by atoms with E-state index in [1.807, 2.05) is 37.4 Å². The van der Waals surface area contributed by atoms with Crippen molar-refractivity contribution in [3.63, 3.8) is 0 Å². The highest BCUT2D eigenvalue weighted by molar-refractivity contribution is 7.09. The summed E-state index contributed by atoms with van der Waals surface area (Å²) in [5.74, 6) is -0.205. The van der Waals surface area contributed by atoms with Gasteiger partial charge in [-0.25, -0.2) is 4.98 Å². The number of thiazole rings is 1. The largest absolute Gasteiger partial charge is 0.344 e. The van der Waals surface area contributed by atoms with Crippen molar-refractivity contribution in [2.24, 2.45) is 5.92 Å². The topological polar surface area (TPSA) is 62.3 Å². The van der Waals surface area contributed by atoms with Crippen LogP contribution < -0.4 is 10.2 Å². The van der Waals surface area contributed by atoms with Gasteiger partial charge in [-0.3, -0.25) is 9.59 Å². The minimum atomic E-state index is -0.492. The van der Waals surface area contributed by atoms with E-state index in [9.17, 15) is 9.59 Å². The van der Waals surface area contributed by atoms with Crippen LogP contribution in [0, 0.1) is 5.92 Å². The van der Waals surface area contributed by atoms with Gasteiger partial charge in [0.15, 0.2) is 0 Å². The number of hydrogen-bond donors (Lipinski definition) is 1. The maximum Gasteiger partial charge on any atom is 0.249 e. The molecule has 132 valence electrons. The SMILES string of the molecule is CC[C@@H](C)C(=O)N[C@H]1CCc2ccccc2N(Cc2nccs2)C1=O. The molecule has 6 heteroatoms. The Morgan fingerprint density at radius 3 is 2.96 bits per heavy atom. The Kier molecular flexibility index (Phi) is 5.48. The Hall–Kier alpha value is -2.21. The van der Waals surface area contributed by atoms with Crippen LogP contribution in [0.25, 0.3) is 0 Å². The van der Waals surface area contributed by atoms with E-state index in [1.54, 1.807) is 11.1 Å². The van der Waals surface area contributed by atoms with Gasteiger partial charge in [0, 0.05) is 23.2 Å². The molecule has 0 radical (unpaired) electrons. The summed E-state index contributed by atoms with van der Waals surface area (Å²) < 4.78 is 0. The molecule has 0 spiro atoms. The van der Waals surface area contributed by atoms with Crippen LogP contribution in [0.4, 0.5) is 5.69 Å². The monoisotopic (exact) mass is 357 g/mol.